The number of hydrogen-bond donors (Lipinski definition) is 3. The van der Waals surface area contributed by atoms with Crippen molar-refractivity contribution < 1.29 is 23.9 Å². The lowest BCUT2D eigenvalue weighted by atomic mass is 10.2. The molecule has 0 aliphatic rings. The summed E-state index contributed by atoms with van der Waals surface area (Å²) in [6.45, 7) is 3.08. The van der Waals surface area contributed by atoms with Gasteiger partial charge in [0.2, 0.25) is 0 Å². The van der Waals surface area contributed by atoms with Gasteiger partial charge in [-0.2, -0.15) is 0 Å². The molecule has 0 saturated heterocycles. The first-order chi connectivity index (χ1) is 13.3. The monoisotopic (exact) mass is 403 g/mol. The Balaban J connectivity index is 1.82. The standard InChI is InChI=1S/C19H21N3O5S/c1-11(21-18(26)13-6-4-3-5-7-13)10-15(23)27-12(2)17(25)22-19-14(16(20)24)8-9-28-19/h3-9,11-12H,10H2,1-2H3,(H2,20,24)(H,21,26)(H,22,25). The molecular weight excluding hydrogens is 382 g/mol. The zero-order valence-corrected chi connectivity index (χ0v) is 16.2. The molecule has 0 spiro atoms. The lowest BCUT2D eigenvalue weighted by Crippen LogP contribution is -2.36. The van der Waals surface area contributed by atoms with Crippen molar-refractivity contribution in [2.75, 3.05) is 5.32 Å². The van der Waals surface area contributed by atoms with E-state index >= 15 is 0 Å². The van der Waals surface area contributed by atoms with E-state index in [9.17, 15) is 19.2 Å². The molecule has 4 N–H and O–H groups in total. The SMILES string of the molecule is CC(CC(=O)OC(C)C(=O)Nc1sccc1C(N)=O)NC(=O)c1ccccc1. The minimum Gasteiger partial charge on any atom is -0.452 e. The van der Waals surface area contributed by atoms with Crippen LogP contribution in [0.1, 0.15) is 41.0 Å². The van der Waals surface area contributed by atoms with Gasteiger partial charge in [-0.15, -0.1) is 11.3 Å². The predicted octanol–water partition coefficient (Wildman–Crippen LogP) is 1.93. The van der Waals surface area contributed by atoms with E-state index < -0.39 is 29.9 Å². The van der Waals surface area contributed by atoms with Gasteiger partial charge in [0, 0.05) is 11.6 Å². The van der Waals surface area contributed by atoms with Crippen molar-refractivity contribution in [3.05, 3.63) is 52.9 Å². The Morgan fingerprint density at radius 1 is 1.11 bits per heavy atom. The topological polar surface area (TPSA) is 128 Å². The highest BCUT2D eigenvalue weighted by Gasteiger charge is 2.22. The average molecular weight is 403 g/mol. The molecule has 2 unspecified atom stereocenters. The van der Waals surface area contributed by atoms with E-state index in [1.807, 2.05) is 0 Å². The number of benzene rings is 1. The molecule has 0 aliphatic carbocycles. The van der Waals surface area contributed by atoms with Crippen molar-refractivity contribution in [3.63, 3.8) is 0 Å². The number of amides is 3. The normalized spacial score (nSPS) is 12.5. The third-order valence-electron chi connectivity index (χ3n) is 3.73. The number of carbonyl (C=O) groups is 4. The maximum atomic E-state index is 12.2. The van der Waals surface area contributed by atoms with Crippen LogP contribution in [0.3, 0.4) is 0 Å². The van der Waals surface area contributed by atoms with Crippen molar-refractivity contribution in [1.82, 2.24) is 5.32 Å². The maximum Gasteiger partial charge on any atom is 0.308 e. The van der Waals surface area contributed by atoms with Crippen LogP contribution >= 0.6 is 11.3 Å². The first-order valence-corrected chi connectivity index (χ1v) is 9.39. The van der Waals surface area contributed by atoms with Gasteiger partial charge in [-0.25, -0.2) is 0 Å². The Labute approximate surface area is 166 Å². The number of thiophene rings is 1. The lowest BCUT2D eigenvalue weighted by Gasteiger charge is -2.16. The third kappa shape index (κ3) is 5.92. The van der Waals surface area contributed by atoms with Gasteiger partial charge in [0.1, 0.15) is 5.00 Å². The molecule has 2 atom stereocenters. The van der Waals surface area contributed by atoms with Crippen LogP contribution in [0, 0.1) is 0 Å². The highest BCUT2D eigenvalue weighted by Crippen LogP contribution is 2.23. The van der Waals surface area contributed by atoms with Gasteiger partial charge in [0.15, 0.2) is 6.10 Å². The second-order valence-electron chi connectivity index (χ2n) is 6.09. The quantitative estimate of drug-likeness (QED) is 0.580. The summed E-state index contributed by atoms with van der Waals surface area (Å²) < 4.78 is 5.11. The molecule has 2 aromatic rings. The van der Waals surface area contributed by atoms with Crippen molar-refractivity contribution in [1.29, 1.82) is 0 Å². The third-order valence-corrected chi connectivity index (χ3v) is 4.56. The Morgan fingerprint density at radius 3 is 2.43 bits per heavy atom. The minimum atomic E-state index is -1.08. The maximum absolute atomic E-state index is 12.2. The predicted molar refractivity (Wildman–Crippen MR) is 105 cm³/mol. The molecule has 3 amide bonds. The zero-order chi connectivity index (χ0) is 20.7. The van der Waals surface area contributed by atoms with E-state index in [0.29, 0.717) is 10.6 Å². The minimum absolute atomic E-state index is 0.0955. The van der Waals surface area contributed by atoms with Crippen molar-refractivity contribution >= 4 is 40.0 Å². The fraction of sp³-hybridized carbons (Fsp3) is 0.263. The summed E-state index contributed by atoms with van der Waals surface area (Å²) in [4.78, 5) is 47.6. The molecule has 28 heavy (non-hydrogen) atoms. The molecule has 8 nitrogen and oxygen atoms in total. The fourth-order valence-electron chi connectivity index (χ4n) is 2.31. The Morgan fingerprint density at radius 2 is 1.79 bits per heavy atom. The summed E-state index contributed by atoms with van der Waals surface area (Å²) in [5.41, 5.74) is 5.90. The second-order valence-corrected chi connectivity index (χ2v) is 7.01. The number of esters is 1. The van der Waals surface area contributed by atoms with Crippen LogP contribution in [0.2, 0.25) is 0 Å². The molecule has 1 heterocycles. The smallest absolute Gasteiger partial charge is 0.308 e. The molecular formula is C19H21N3O5S. The highest BCUT2D eigenvalue weighted by molar-refractivity contribution is 7.14. The van der Waals surface area contributed by atoms with Gasteiger partial charge in [0.25, 0.3) is 17.7 Å². The Hall–Kier alpha value is -3.20. The summed E-state index contributed by atoms with van der Waals surface area (Å²) in [6.07, 6.45) is -1.17. The van der Waals surface area contributed by atoms with Crippen LogP contribution in [0.4, 0.5) is 5.00 Å². The zero-order valence-electron chi connectivity index (χ0n) is 15.4. The summed E-state index contributed by atoms with van der Waals surface area (Å²) in [7, 11) is 0. The van der Waals surface area contributed by atoms with E-state index in [1.54, 1.807) is 42.6 Å². The number of nitrogens with one attached hydrogen (secondary N) is 2. The summed E-state index contributed by atoms with van der Waals surface area (Å²) in [5, 5.41) is 7.12. The molecule has 1 aromatic carbocycles. The number of anilines is 1. The lowest BCUT2D eigenvalue weighted by molar-refractivity contribution is -0.153. The van der Waals surface area contributed by atoms with Crippen LogP contribution in [-0.2, 0) is 14.3 Å². The number of rotatable bonds is 8. The van der Waals surface area contributed by atoms with Gasteiger partial charge in [-0.05, 0) is 37.4 Å². The van der Waals surface area contributed by atoms with Crippen LogP contribution < -0.4 is 16.4 Å². The highest BCUT2D eigenvalue weighted by atomic mass is 32.1. The molecule has 2 rings (SSSR count). The summed E-state index contributed by atoms with van der Waals surface area (Å²) in [6, 6.07) is 9.63. The molecule has 0 aliphatic heterocycles. The van der Waals surface area contributed by atoms with Crippen LogP contribution in [-0.4, -0.2) is 35.8 Å². The molecule has 9 heteroatoms. The van der Waals surface area contributed by atoms with E-state index in [4.69, 9.17) is 10.5 Å². The van der Waals surface area contributed by atoms with Crippen LogP contribution in [0.5, 0.6) is 0 Å². The second kappa shape index (κ2) is 9.65. The number of hydrogen-bond acceptors (Lipinski definition) is 6. The van der Waals surface area contributed by atoms with E-state index in [1.165, 1.54) is 13.0 Å². The summed E-state index contributed by atoms with van der Waals surface area (Å²) in [5.74, 6) is -2.18. The van der Waals surface area contributed by atoms with E-state index in [2.05, 4.69) is 10.6 Å². The van der Waals surface area contributed by atoms with Crippen molar-refractivity contribution in [2.24, 2.45) is 5.73 Å². The van der Waals surface area contributed by atoms with Gasteiger partial charge < -0.3 is 21.1 Å². The number of primary amides is 1. The number of nitrogens with two attached hydrogens (primary N) is 1. The molecule has 0 saturated carbocycles. The Bertz CT molecular complexity index is 865. The van der Waals surface area contributed by atoms with Crippen LogP contribution in [0.15, 0.2) is 41.8 Å². The number of ether oxygens (including phenoxy) is 1. The molecule has 0 bridgehead atoms. The van der Waals surface area contributed by atoms with Crippen molar-refractivity contribution in [3.8, 4) is 0 Å². The summed E-state index contributed by atoms with van der Waals surface area (Å²) >= 11 is 1.14. The molecule has 0 radical (unpaired) electrons. The van der Waals surface area contributed by atoms with E-state index in [-0.39, 0.29) is 17.9 Å². The largest absolute Gasteiger partial charge is 0.452 e. The molecule has 1 aromatic heterocycles. The van der Waals surface area contributed by atoms with Gasteiger partial charge >= 0.3 is 5.97 Å². The van der Waals surface area contributed by atoms with Gasteiger partial charge in [-0.1, -0.05) is 18.2 Å². The molecule has 148 valence electrons. The molecule has 0 fully saturated rings. The first kappa shape index (κ1) is 21.1. The average Bonchev–Trinajstić information content (AvgIpc) is 3.10. The Kier molecular flexibility index (Phi) is 7.28. The van der Waals surface area contributed by atoms with Gasteiger partial charge in [0.05, 0.1) is 12.0 Å². The van der Waals surface area contributed by atoms with Gasteiger partial charge in [-0.3, -0.25) is 19.2 Å². The first-order valence-electron chi connectivity index (χ1n) is 8.51. The number of carbonyl (C=O) groups excluding carboxylic acids is 4. The van der Waals surface area contributed by atoms with Crippen LogP contribution in [0.25, 0.3) is 0 Å². The van der Waals surface area contributed by atoms with E-state index in [0.717, 1.165) is 11.3 Å². The van der Waals surface area contributed by atoms with Crippen molar-refractivity contribution in [2.45, 2.75) is 32.4 Å². The fourth-order valence-corrected chi connectivity index (χ4v) is 3.11.